The van der Waals surface area contributed by atoms with Gasteiger partial charge in [-0.2, -0.15) is 13.2 Å². The number of H-pyrrole nitrogens is 1. The molecule has 1 N–H and O–H groups in total. The van der Waals surface area contributed by atoms with E-state index in [9.17, 15) is 26.7 Å². The Morgan fingerprint density at radius 1 is 1.00 bits per heavy atom. The molecule has 2 rings (SSSR count). The maximum atomic E-state index is 13.4. The molecule has 1 aromatic heterocycles. The zero-order chi connectivity index (χ0) is 14.2. The summed E-state index contributed by atoms with van der Waals surface area (Å²) >= 11 is 0. The van der Waals surface area contributed by atoms with E-state index in [0.29, 0.717) is 18.2 Å². The summed E-state index contributed by atoms with van der Waals surface area (Å²) in [5.41, 5.74) is -3.15. The number of hydrogen-bond acceptors (Lipinski definition) is 1. The molecule has 100 valence electrons. The third-order valence-electron chi connectivity index (χ3n) is 2.39. The summed E-state index contributed by atoms with van der Waals surface area (Å²) in [6, 6.07) is 3.20. The van der Waals surface area contributed by atoms with Gasteiger partial charge in [0.25, 0.3) is 0 Å². The van der Waals surface area contributed by atoms with Gasteiger partial charge in [0.2, 0.25) is 5.56 Å². The lowest BCUT2D eigenvalue weighted by molar-refractivity contribution is -0.137. The maximum absolute atomic E-state index is 13.4. The van der Waals surface area contributed by atoms with Crippen molar-refractivity contribution in [3.8, 4) is 11.3 Å². The number of halogens is 5. The van der Waals surface area contributed by atoms with Gasteiger partial charge in [-0.1, -0.05) is 0 Å². The van der Waals surface area contributed by atoms with Crippen molar-refractivity contribution in [2.45, 2.75) is 6.18 Å². The predicted molar refractivity (Wildman–Crippen MR) is 57.4 cm³/mol. The number of hydrogen-bond donors (Lipinski definition) is 1. The van der Waals surface area contributed by atoms with E-state index >= 15 is 0 Å². The zero-order valence-electron chi connectivity index (χ0n) is 9.18. The second-order valence-corrected chi connectivity index (χ2v) is 3.77. The minimum Gasteiger partial charge on any atom is -0.322 e. The molecule has 0 unspecified atom stereocenters. The van der Waals surface area contributed by atoms with Gasteiger partial charge in [0.05, 0.1) is 11.3 Å². The van der Waals surface area contributed by atoms with Crippen LogP contribution in [0.1, 0.15) is 5.56 Å². The van der Waals surface area contributed by atoms with Crippen LogP contribution in [0.2, 0.25) is 0 Å². The van der Waals surface area contributed by atoms with Crippen molar-refractivity contribution in [2.24, 2.45) is 0 Å². The van der Waals surface area contributed by atoms with Crippen molar-refractivity contribution in [2.75, 3.05) is 0 Å². The van der Waals surface area contributed by atoms with Crippen molar-refractivity contribution >= 4 is 0 Å². The number of pyridine rings is 1. The Morgan fingerprint density at radius 2 is 1.68 bits per heavy atom. The first-order valence-corrected chi connectivity index (χ1v) is 5.04. The first kappa shape index (κ1) is 13.3. The average molecular weight is 275 g/mol. The maximum Gasteiger partial charge on any atom is 0.416 e. The fourth-order valence-electron chi connectivity index (χ4n) is 1.56. The molecule has 0 aliphatic rings. The molecule has 0 radical (unpaired) electrons. The Hall–Kier alpha value is -2.18. The van der Waals surface area contributed by atoms with Crippen molar-refractivity contribution in [1.82, 2.24) is 4.98 Å². The van der Waals surface area contributed by atoms with Crippen LogP contribution in [-0.2, 0) is 6.18 Å². The molecule has 0 atom stereocenters. The van der Waals surface area contributed by atoms with Gasteiger partial charge in [-0.25, -0.2) is 8.78 Å². The number of aromatic amines is 1. The van der Waals surface area contributed by atoms with Crippen LogP contribution < -0.4 is 5.56 Å². The summed E-state index contributed by atoms with van der Waals surface area (Å²) in [5, 5.41) is 0. The molecule has 0 saturated carbocycles. The number of benzene rings is 1. The minimum atomic E-state index is -4.74. The highest BCUT2D eigenvalue weighted by Gasteiger charge is 2.31. The van der Waals surface area contributed by atoms with E-state index in [1.165, 1.54) is 0 Å². The highest BCUT2D eigenvalue weighted by molar-refractivity contribution is 5.60. The lowest BCUT2D eigenvalue weighted by Crippen LogP contribution is -2.14. The summed E-state index contributed by atoms with van der Waals surface area (Å²) in [7, 11) is 0. The van der Waals surface area contributed by atoms with Crippen LogP contribution in [0.15, 0.2) is 35.1 Å². The fraction of sp³-hybridized carbons (Fsp3) is 0.0833. The normalized spacial score (nSPS) is 11.6. The zero-order valence-corrected chi connectivity index (χ0v) is 9.18. The molecular weight excluding hydrogens is 269 g/mol. The molecule has 0 fully saturated rings. The van der Waals surface area contributed by atoms with E-state index in [2.05, 4.69) is 0 Å². The summed E-state index contributed by atoms with van der Waals surface area (Å²) in [5.74, 6) is -1.76. The van der Waals surface area contributed by atoms with E-state index in [1.54, 1.807) is 0 Å². The van der Waals surface area contributed by atoms with Crippen LogP contribution in [0.5, 0.6) is 0 Å². The second-order valence-electron chi connectivity index (χ2n) is 3.77. The smallest absolute Gasteiger partial charge is 0.322 e. The topological polar surface area (TPSA) is 32.9 Å². The number of rotatable bonds is 1. The Bertz CT molecular complexity index is 675. The lowest BCUT2D eigenvalue weighted by atomic mass is 10.1. The summed E-state index contributed by atoms with van der Waals surface area (Å²) < 4.78 is 64.0. The van der Waals surface area contributed by atoms with Crippen molar-refractivity contribution in [3.63, 3.8) is 0 Å². The van der Waals surface area contributed by atoms with Gasteiger partial charge in [0.15, 0.2) is 0 Å². The average Bonchev–Trinajstić information content (AvgIpc) is 2.30. The Labute approximate surface area is 103 Å². The van der Waals surface area contributed by atoms with Gasteiger partial charge in [-0.15, -0.1) is 0 Å². The van der Waals surface area contributed by atoms with Gasteiger partial charge < -0.3 is 4.98 Å². The van der Waals surface area contributed by atoms with Crippen LogP contribution in [0.4, 0.5) is 22.0 Å². The summed E-state index contributed by atoms with van der Waals surface area (Å²) in [4.78, 5) is 13.2. The lowest BCUT2D eigenvalue weighted by Gasteiger charge is -2.09. The SMILES string of the molecule is O=c1cc(C(F)(F)F)cc(-c2cc(F)ccc2F)[nH]1. The number of nitrogens with one attached hydrogen (secondary N) is 1. The number of aromatic nitrogens is 1. The molecule has 0 aliphatic heterocycles. The third-order valence-corrected chi connectivity index (χ3v) is 2.39. The van der Waals surface area contributed by atoms with Crippen LogP contribution in [0, 0.1) is 11.6 Å². The molecule has 19 heavy (non-hydrogen) atoms. The molecular formula is C12H6F5NO. The highest BCUT2D eigenvalue weighted by Crippen LogP contribution is 2.31. The quantitative estimate of drug-likeness (QED) is 0.795. The monoisotopic (exact) mass is 275 g/mol. The van der Waals surface area contributed by atoms with Crippen LogP contribution in [-0.4, -0.2) is 4.98 Å². The molecule has 0 amide bonds. The summed E-state index contributed by atoms with van der Waals surface area (Å²) in [6.45, 7) is 0. The van der Waals surface area contributed by atoms with E-state index in [4.69, 9.17) is 0 Å². The largest absolute Gasteiger partial charge is 0.416 e. The molecule has 0 aliphatic carbocycles. The molecule has 7 heteroatoms. The Kier molecular flexibility index (Phi) is 3.13. The summed E-state index contributed by atoms with van der Waals surface area (Å²) in [6.07, 6.45) is -4.74. The molecule has 2 nitrogen and oxygen atoms in total. The van der Waals surface area contributed by atoms with E-state index in [1.807, 2.05) is 4.98 Å². The standard InChI is InChI=1S/C12H6F5NO/c13-7-1-2-9(14)8(5-7)10-3-6(12(15,16)17)4-11(19)18-10/h1-5H,(H,18,19). The van der Waals surface area contributed by atoms with Gasteiger partial charge in [-0.05, 0) is 24.3 Å². The molecule has 1 aromatic carbocycles. The molecule has 0 spiro atoms. The van der Waals surface area contributed by atoms with Crippen molar-refractivity contribution in [1.29, 1.82) is 0 Å². The van der Waals surface area contributed by atoms with Gasteiger partial charge in [-0.3, -0.25) is 4.79 Å². The van der Waals surface area contributed by atoms with Crippen molar-refractivity contribution < 1.29 is 22.0 Å². The fourth-order valence-corrected chi connectivity index (χ4v) is 1.56. The first-order chi connectivity index (χ1) is 8.77. The van der Waals surface area contributed by atoms with E-state index in [0.717, 1.165) is 12.1 Å². The molecule has 1 heterocycles. The van der Waals surface area contributed by atoms with Crippen molar-refractivity contribution in [3.05, 3.63) is 57.9 Å². The van der Waals surface area contributed by atoms with Crippen LogP contribution >= 0.6 is 0 Å². The Morgan fingerprint density at radius 3 is 2.32 bits per heavy atom. The van der Waals surface area contributed by atoms with Gasteiger partial charge in [0.1, 0.15) is 11.6 Å². The Balaban J connectivity index is 2.66. The number of alkyl halides is 3. The van der Waals surface area contributed by atoms with Gasteiger partial charge >= 0.3 is 6.18 Å². The highest BCUT2D eigenvalue weighted by atomic mass is 19.4. The second kappa shape index (κ2) is 4.49. The van der Waals surface area contributed by atoms with E-state index in [-0.39, 0.29) is 0 Å². The third kappa shape index (κ3) is 2.81. The van der Waals surface area contributed by atoms with Crippen LogP contribution in [0.25, 0.3) is 11.3 Å². The molecule has 2 aromatic rings. The minimum absolute atomic E-state index is 0.348. The predicted octanol–water partition coefficient (Wildman–Crippen LogP) is 3.34. The van der Waals surface area contributed by atoms with E-state index < -0.39 is 40.2 Å². The van der Waals surface area contributed by atoms with Crippen LogP contribution in [0.3, 0.4) is 0 Å². The molecule has 0 saturated heterocycles. The van der Waals surface area contributed by atoms with Gasteiger partial charge in [0, 0.05) is 11.6 Å². The first-order valence-electron chi connectivity index (χ1n) is 5.04. The molecule has 0 bridgehead atoms.